The SMILES string of the molecule is C=CCN(CC=C)C(=O)CC(=O)c1nn(-c2ccc(Cl)cc2Cl)c(-c2ccc(Cl)s2)c1C. The number of aromatic nitrogens is 2. The molecule has 0 unspecified atom stereocenters. The van der Waals surface area contributed by atoms with Crippen molar-refractivity contribution in [1.29, 1.82) is 0 Å². The number of nitrogens with zero attached hydrogens (tertiary/aromatic N) is 3. The summed E-state index contributed by atoms with van der Waals surface area (Å²) < 4.78 is 2.20. The lowest BCUT2D eigenvalue weighted by molar-refractivity contribution is -0.129. The summed E-state index contributed by atoms with van der Waals surface area (Å²) in [5.41, 5.74) is 2.06. The number of hydrogen-bond donors (Lipinski definition) is 0. The molecule has 1 aromatic carbocycles. The molecular formula is C23H20Cl3N3O2S. The van der Waals surface area contributed by atoms with E-state index in [0.717, 1.165) is 4.88 Å². The van der Waals surface area contributed by atoms with Crippen LogP contribution in [0, 0.1) is 6.92 Å². The quantitative estimate of drug-likeness (QED) is 0.185. The van der Waals surface area contributed by atoms with Crippen molar-refractivity contribution in [3.8, 4) is 16.3 Å². The molecule has 0 radical (unpaired) electrons. The van der Waals surface area contributed by atoms with Crippen molar-refractivity contribution < 1.29 is 9.59 Å². The van der Waals surface area contributed by atoms with Crippen LogP contribution in [0.15, 0.2) is 55.6 Å². The van der Waals surface area contributed by atoms with Crippen LogP contribution < -0.4 is 0 Å². The van der Waals surface area contributed by atoms with Crippen LogP contribution in [-0.4, -0.2) is 39.5 Å². The molecule has 2 heterocycles. The Morgan fingerprint density at radius 3 is 2.38 bits per heavy atom. The van der Waals surface area contributed by atoms with Gasteiger partial charge in [0.1, 0.15) is 5.69 Å². The van der Waals surface area contributed by atoms with Crippen molar-refractivity contribution in [3.63, 3.8) is 0 Å². The molecule has 0 N–H and O–H groups in total. The largest absolute Gasteiger partial charge is 0.335 e. The third-order valence-electron chi connectivity index (χ3n) is 4.69. The third-order valence-corrected chi connectivity index (χ3v) is 6.47. The molecule has 0 spiro atoms. The van der Waals surface area contributed by atoms with Gasteiger partial charge in [0, 0.05) is 23.7 Å². The summed E-state index contributed by atoms with van der Waals surface area (Å²) in [6.45, 7) is 9.75. The first-order valence-electron chi connectivity index (χ1n) is 9.60. The van der Waals surface area contributed by atoms with E-state index < -0.39 is 5.78 Å². The van der Waals surface area contributed by atoms with E-state index in [4.69, 9.17) is 34.8 Å². The van der Waals surface area contributed by atoms with Crippen LogP contribution in [0.5, 0.6) is 0 Å². The highest BCUT2D eigenvalue weighted by molar-refractivity contribution is 7.19. The van der Waals surface area contributed by atoms with E-state index in [1.807, 2.05) is 6.07 Å². The predicted molar refractivity (Wildman–Crippen MR) is 133 cm³/mol. The summed E-state index contributed by atoms with van der Waals surface area (Å²) in [6, 6.07) is 8.65. The molecule has 0 aliphatic heterocycles. The summed E-state index contributed by atoms with van der Waals surface area (Å²) in [4.78, 5) is 28.1. The Bertz CT molecular complexity index is 1190. The summed E-state index contributed by atoms with van der Waals surface area (Å²) in [7, 11) is 0. The smallest absolute Gasteiger partial charge is 0.231 e. The molecule has 0 atom stereocenters. The van der Waals surface area contributed by atoms with Crippen molar-refractivity contribution in [3.05, 3.63) is 81.3 Å². The van der Waals surface area contributed by atoms with Crippen LogP contribution >= 0.6 is 46.1 Å². The van der Waals surface area contributed by atoms with Gasteiger partial charge in [0.05, 0.1) is 32.0 Å². The zero-order valence-corrected chi connectivity index (χ0v) is 20.4. The number of hydrogen-bond acceptors (Lipinski definition) is 4. The topological polar surface area (TPSA) is 55.2 Å². The van der Waals surface area contributed by atoms with Crippen molar-refractivity contribution >= 4 is 57.8 Å². The average Bonchev–Trinajstić information content (AvgIpc) is 3.30. The Balaban J connectivity index is 2.06. The predicted octanol–water partition coefficient (Wildman–Crippen LogP) is 6.64. The Kier molecular flexibility index (Phi) is 7.96. The fraction of sp³-hybridized carbons (Fsp3) is 0.174. The van der Waals surface area contributed by atoms with Gasteiger partial charge in [-0.05, 0) is 37.3 Å². The summed E-state index contributed by atoms with van der Waals surface area (Å²) >= 11 is 20.0. The van der Waals surface area contributed by atoms with Gasteiger partial charge in [-0.2, -0.15) is 5.10 Å². The number of Topliss-reactive ketones (excluding diaryl/α,β-unsaturated/α-hetero) is 1. The van der Waals surface area contributed by atoms with Crippen LogP contribution in [0.3, 0.4) is 0 Å². The van der Waals surface area contributed by atoms with Gasteiger partial charge in [-0.15, -0.1) is 24.5 Å². The molecule has 0 saturated heterocycles. The second kappa shape index (κ2) is 10.5. The van der Waals surface area contributed by atoms with E-state index in [-0.39, 0.29) is 18.0 Å². The molecule has 166 valence electrons. The minimum absolute atomic E-state index is 0.195. The monoisotopic (exact) mass is 507 g/mol. The highest BCUT2D eigenvalue weighted by Gasteiger charge is 2.26. The van der Waals surface area contributed by atoms with E-state index in [2.05, 4.69) is 18.3 Å². The molecule has 0 fully saturated rings. The number of benzene rings is 1. The molecule has 3 aromatic rings. The maximum absolute atomic E-state index is 13.1. The molecular weight excluding hydrogens is 489 g/mol. The third kappa shape index (κ3) is 5.15. The van der Waals surface area contributed by atoms with Crippen molar-refractivity contribution in [2.45, 2.75) is 13.3 Å². The molecule has 0 saturated carbocycles. The van der Waals surface area contributed by atoms with Crippen LogP contribution in [0.2, 0.25) is 14.4 Å². The number of thiophene rings is 1. The lowest BCUT2D eigenvalue weighted by Crippen LogP contribution is -2.32. The van der Waals surface area contributed by atoms with Crippen molar-refractivity contribution in [1.82, 2.24) is 14.7 Å². The van der Waals surface area contributed by atoms with Crippen LogP contribution in [0.25, 0.3) is 16.3 Å². The fourth-order valence-electron chi connectivity index (χ4n) is 3.24. The standard InChI is InChI=1S/C23H20Cl3N3O2S/c1-4-10-28(11-5-2)21(31)13-18(30)22-14(3)23(19-8-9-20(26)32-19)29(27-22)17-7-6-15(24)12-16(17)25/h4-9,12H,1-2,10-11,13H2,3H3. The lowest BCUT2D eigenvalue weighted by atomic mass is 10.1. The maximum Gasteiger partial charge on any atom is 0.231 e. The minimum Gasteiger partial charge on any atom is -0.335 e. The Labute approximate surface area is 205 Å². The minimum atomic E-state index is -0.390. The molecule has 5 nitrogen and oxygen atoms in total. The number of halogens is 3. The van der Waals surface area contributed by atoms with Gasteiger partial charge < -0.3 is 4.90 Å². The molecule has 0 aliphatic rings. The van der Waals surface area contributed by atoms with Gasteiger partial charge in [-0.25, -0.2) is 4.68 Å². The van der Waals surface area contributed by atoms with Gasteiger partial charge in [0.15, 0.2) is 5.78 Å². The number of carbonyl (C=O) groups excluding carboxylic acids is 2. The first kappa shape index (κ1) is 24.3. The Morgan fingerprint density at radius 1 is 1.12 bits per heavy atom. The number of rotatable bonds is 9. The van der Waals surface area contributed by atoms with E-state index in [0.29, 0.717) is 44.4 Å². The average molecular weight is 509 g/mol. The summed E-state index contributed by atoms with van der Waals surface area (Å²) in [6.07, 6.45) is 2.89. The van der Waals surface area contributed by atoms with Crippen molar-refractivity contribution in [2.24, 2.45) is 0 Å². The molecule has 0 bridgehead atoms. The highest BCUT2D eigenvalue weighted by atomic mass is 35.5. The zero-order chi connectivity index (χ0) is 23.4. The molecule has 1 amide bonds. The Hall–Kier alpha value is -2.38. The second-order valence-electron chi connectivity index (χ2n) is 6.91. The molecule has 32 heavy (non-hydrogen) atoms. The number of amides is 1. The molecule has 0 aliphatic carbocycles. The lowest BCUT2D eigenvalue weighted by Gasteiger charge is -2.18. The second-order valence-corrected chi connectivity index (χ2v) is 9.47. The molecule has 3 rings (SSSR count). The number of ketones is 1. The molecule has 9 heteroatoms. The zero-order valence-electron chi connectivity index (χ0n) is 17.3. The summed E-state index contributed by atoms with van der Waals surface area (Å²) in [5.74, 6) is -0.715. The maximum atomic E-state index is 13.1. The fourth-order valence-corrected chi connectivity index (χ4v) is 4.86. The van der Waals surface area contributed by atoms with E-state index >= 15 is 0 Å². The van der Waals surface area contributed by atoms with Gasteiger partial charge in [-0.1, -0.05) is 47.0 Å². The normalized spacial score (nSPS) is 10.8. The first-order chi connectivity index (χ1) is 15.3. The highest BCUT2D eigenvalue weighted by Crippen LogP contribution is 2.37. The van der Waals surface area contributed by atoms with E-state index in [1.165, 1.54) is 16.2 Å². The number of carbonyl (C=O) groups is 2. The first-order valence-corrected chi connectivity index (χ1v) is 11.5. The van der Waals surface area contributed by atoms with Gasteiger partial charge in [-0.3, -0.25) is 9.59 Å². The Morgan fingerprint density at radius 2 is 1.81 bits per heavy atom. The van der Waals surface area contributed by atoms with Crippen molar-refractivity contribution in [2.75, 3.05) is 13.1 Å². The van der Waals surface area contributed by atoms with Crippen LogP contribution in [0.1, 0.15) is 22.5 Å². The van der Waals surface area contributed by atoms with Crippen LogP contribution in [0.4, 0.5) is 0 Å². The van der Waals surface area contributed by atoms with Gasteiger partial charge in [0.25, 0.3) is 0 Å². The van der Waals surface area contributed by atoms with Gasteiger partial charge >= 0.3 is 0 Å². The van der Waals surface area contributed by atoms with E-state index in [9.17, 15) is 9.59 Å². The summed E-state index contributed by atoms with van der Waals surface area (Å²) in [5, 5.41) is 5.41. The molecule has 2 aromatic heterocycles. The van der Waals surface area contributed by atoms with Crippen LogP contribution in [-0.2, 0) is 4.79 Å². The van der Waals surface area contributed by atoms with Gasteiger partial charge in [0.2, 0.25) is 5.91 Å². The van der Waals surface area contributed by atoms with E-state index in [1.54, 1.807) is 48.0 Å².